The van der Waals surface area contributed by atoms with Gasteiger partial charge >= 0.3 is 0 Å². The zero-order chi connectivity index (χ0) is 12.8. The first-order valence-electron chi connectivity index (χ1n) is 7.23. The Labute approximate surface area is 108 Å². The second-order valence-corrected chi connectivity index (χ2v) is 6.34. The minimum absolute atomic E-state index is 0.0380. The summed E-state index contributed by atoms with van der Waals surface area (Å²) in [5.41, 5.74) is -0.541. The van der Waals surface area contributed by atoms with Crippen LogP contribution in [0.3, 0.4) is 0 Å². The van der Waals surface area contributed by atoms with Crippen LogP contribution in [0.1, 0.15) is 51.9 Å². The van der Waals surface area contributed by atoms with Crippen LogP contribution in [0.4, 0.5) is 0 Å². The number of piperazine rings is 1. The molecule has 3 aliphatic rings. The molecule has 0 aromatic heterocycles. The van der Waals surface area contributed by atoms with Crippen LogP contribution < -0.4 is 5.32 Å². The van der Waals surface area contributed by atoms with Crippen LogP contribution in [0.2, 0.25) is 0 Å². The Bertz CT molecular complexity index is 374. The molecular weight excluding hydrogens is 228 g/mol. The van der Waals surface area contributed by atoms with Crippen LogP contribution in [0, 0.1) is 5.92 Å². The molecule has 18 heavy (non-hydrogen) atoms. The zero-order valence-electron chi connectivity index (χ0n) is 11.1. The predicted octanol–water partition coefficient (Wildman–Crippen LogP) is 1.45. The highest BCUT2D eigenvalue weighted by Crippen LogP contribution is 2.37. The Balaban J connectivity index is 1.81. The highest BCUT2D eigenvalue weighted by atomic mass is 16.2. The molecule has 3 rings (SSSR count). The second kappa shape index (κ2) is 4.25. The van der Waals surface area contributed by atoms with E-state index in [0.717, 1.165) is 38.5 Å². The Hall–Kier alpha value is -1.06. The molecule has 3 fully saturated rings. The van der Waals surface area contributed by atoms with E-state index in [2.05, 4.69) is 12.2 Å². The van der Waals surface area contributed by atoms with Crippen molar-refractivity contribution in [3.05, 3.63) is 0 Å². The fourth-order valence-electron chi connectivity index (χ4n) is 3.93. The van der Waals surface area contributed by atoms with Gasteiger partial charge in [0.15, 0.2) is 0 Å². The molecule has 0 aromatic rings. The largest absolute Gasteiger partial charge is 0.340 e. The third-order valence-corrected chi connectivity index (χ3v) is 4.93. The summed E-state index contributed by atoms with van der Waals surface area (Å²) in [4.78, 5) is 26.5. The smallest absolute Gasteiger partial charge is 0.249 e. The molecule has 1 aliphatic heterocycles. The SMILES string of the molecule is CC1CCC(N2CC(=O)NC3(CCCC3)C2=O)C1. The van der Waals surface area contributed by atoms with Gasteiger partial charge in [-0.05, 0) is 38.0 Å². The maximum atomic E-state index is 12.7. The maximum absolute atomic E-state index is 12.7. The fourth-order valence-corrected chi connectivity index (χ4v) is 3.93. The van der Waals surface area contributed by atoms with Crippen LogP contribution in [-0.4, -0.2) is 34.8 Å². The number of carbonyl (C=O) groups excluding carboxylic acids is 2. The van der Waals surface area contributed by atoms with Crippen molar-refractivity contribution in [3.8, 4) is 0 Å². The number of hydrogen-bond acceptors (Lipinski definition) is 2. The summed E-state index contributed by atoms with van der Waals surface area (Å²) in [6.45, 7) is 2.51. The molecule has 1 saturated heterocycles. The summed E-state index contributed by atoms with van der Waals surface area (Å²) >= 11 is 0. The first-order chi connectivity index (χ1) is 8.61. The van der Waals surface area contributed by atoms with E-state index in [-0.39, 0.29) is 18.4 Å². The van der Waals surface area contributed by atoms with Crippen molar-refractivity contribution in [1.29, 1.82) is 0 Å². The van der Waals surface area contributed by atoms with Crippen LogP contribution in [0.25, 0.3) is 0 Å². The number of nitrogens with one attached hydrogen (secondary N) is 1. The lowest BCUT2D eigenvalue weighted by molar-refractivity contribution is -0.152. The molecule has 2 aliphatic carbocycles. The Kier molecular flexibility index (Phi) is 2.83. The van der Waals surface area contributed by atoms with E-state index in [1.165, 1.54) is 6.42 Å². The van der Waals surface area contributed by atoms with E-state index in [9.17, 15) is 9.59 Å². The van der Waals surface area contributed by atoms with Gasteiger partial charge in [-0.15, -0.1) is 0 Å². The van der Waals surface area contributed by atoms with Gasteiger partial charge in [0, 0.05) is 6.04 Å². The molecular formula is C14H22N2O2. The Morgan fingerprint density at radius 2 is 1.94 bits per heavy atom. The Morgan fingerprint density at radius 1 is 1.22 bits per heavy atom. The molecule has 0 aromatic carbocycles. The van der Waals surface area contributed by atoms with E-state index >= 15 is 0 Å². The quantitative estimate of drug-likeness (QED) is 0.765. The second-order valence-electron chi connectivity index (χ2n) is 6.34. The normalized spacial score (nSPS) is 35.3. The maximum Gasteiger partial charge on any atom is 0.249 e. The van der Waals surface area contributed by atoms with Crippen LogP contribution in [0.5, 0.6) is 0 Å². The van der Waals surface area contributed by atoms with Crippen molar-refractivity contribution in [3.63, 3.8) is 0 Å². The Morgan fingerprint density at radius 3 is 2.56 bits per heavy atom. The van der Waals surface area contributed by atoms with Gasteiger partial charge in [-0.2, -0.15) is 0 Å². The summed E-state index contributed by atoms with van der Waals surface area (Å²) in [5.74, 6) is 0.919. The van der Waals surface area contributed by atoms with Gasteiger partial charge in [-0.25, -0.2) is 0 Å². The summed E-state index contributed by atoms with van der Waals surface area (Å²) < 4.78 is 0. The minimum atomic E-state index is -0.541. The minimum Gasteiger partial charge on any atom is -0.340 e. The third-order valence-electron chi connectivity index (χ3n) is 4.93. The van der Waals surface area contributed by atoms with Gasteiger partial charge in [0.25, 0.3) is 0 Å². The van der Waals surface area contributed by atoms with Gasteiger partial charge < -0.3 is 10.2 Å². The van der Waals surface area contributed by atoms with Crippen molar-refractivity contribution in [1.82, 2.24) is 10.2 Å². The molecule has 0 bridgehead atoms. The highest BCUT2D eigenvalue weighted by Gasteiger charge is 2.50. The van der Waals surface area contributed by atoms with Crippen LogP contribution >= 0.6 is 0 Å². The third kappa shape index (κ3) is 1.82. The molecule has 1 spiro atoms. The zero-order valence-corrected chi connectivity index (χ0v) is 11.1. The molecule has 4 heteroatoms. The molecule has 2 saturated carbocycles. The molecule has 4 nitrogen and oxygen atoms in total. The molecule has 1 heterocycles. The average molecular weight is 250 g/mol. The highest BCUT2D eigenvalue weighted by molar-refractivity contribution is 5.98. The van der Waals surface area contributed by atoms with Gasteiger partial charge in [0.2, 0.25) is 11.8 Å². The molecule has 100 valence electrons. The fraction of sp³-hybridized carbons (Fsp3) is 0.857. The van der Waals surface area contributed by atoms with E-state index in [4.69, 9.17) is 0 Å². The molecule has 0 radical (unpaired) electrons. The van der Waals surface area contributed by atoms with Crippen molar-refractivity contribution in [2.45, 2.75) is 63.5 Å². The number of rotatable bonds is 1. The molecule has 2 amide bonds. The van der Waals surface area contributed by atoms with E-state index in [0.29, 0.717) is 12.0 Å². The standard InChI is InChI=1S/C14H22N2O2/c1-10-4-5-11(8-10)16-9-12(17)15-14(13(16)18)6-2-3-7-14/h10-11H,2-9H2,1H3,(H,15,17). The molecule has 1 N–H and O–H groups in total. The first kappa shape index (κ1) is 12.0. The number of nitrogens with zero attached hydrogens (tertiary/aromatic N) is 1. The number of carbonyl (C=O) groups is 2. The number of amides is 2. The van der Waals surface area contributed by atoms with Crippen molar-refractivity contribution >= 4 is 11.8 Å². The van der Waals surface area contributed by atoms with Crippen LogP contribution in [0.15, 0.2) is 0 Å². The average Bonchev–Trinajstić information content (AvgIpc) is 2.94. The van der Waals surface area contributed by atoms with Crippen molar-refractivity contribution in [2.24, 2.45) is 5.92 Å². The predicted molar refractivity (Wildman–Crippen MR) is 67.9 cm³/mol. The lowest BCUT2D eigenvalue weighted by atomic mass is 9.92. The molecule has 2 unspecified atom stereocenters. The van der Waals surface area contributed by atoms with Gasteiger partial charge in [0.05, 0.1) is 6.54 Å². The summed E-state index contributed by atoms with van der Waals surface area (Å²) in [5, 5.41) is 2.98. The topological polar surface area (TPSA) is 49.4 Å². The molecule has 2 atom stereocenters. The summed E-state index contributed by atoms with van der Waals surface area (Å²) in [7, 11) is 0. The van der Waals surface area contributed by atoms with Gasteiger partial charge in [-0.1, -0.05) is 19.8 Å². The lowest BCUT2D eigenvalue weighted by Gasteiger charge is -2.42. The van der Waals surface area contributed by atoms with Gasteiger partial charge in [0.1, 0.15) is 5.54 Å². The van der Waals surface area contributed by atoms with Crippen molar-refractivity contribution in [2.75, 3.05) is 6.54 Å². The summed E-state index contributed by atoms with van der Waals surface area (Å²) in [6, 6.07) is 0.302. The van der Waals surface area contributed by atoms with Crippen LogP contribution in [-0.2, 0) is 9.59 Å². The van der Waals surface area contributed by atoms with E-state index < -0.39 is 5.54 Å². The first-order valence-corrected chi connectivity index (χ1v) is 7.23. The number of hydrogen-bond donors (Lipinski definition) is 1. The van der Waals surface area contributed by atoms with E-state index in [1.54, 1.807) is 0 Å². The lowest BCUT2D eigenvalue weighted by Crippen LogP contribution is -2.67. The van der Waals surface area contributed by atoms with Gasteiger partial charge in [-0.3, -0.25) is 9.59 Å². The van der Waals surface area contributed by atoms with E-state index in [1.807, 2.05) is 4.90 Å². The van der Waals surface area contributed by atoms with Crippen molar-refractivity contribution < 1.29 is 9.59 Å². The summed E-state index contributed by atoms with van der Waals surface area (Å²) in [6.07, 6.45) is 7.09. The monoisotopic (exact) mass is 250 g/mol.